The predicted molar refractivity (Wildman–Crippen MR) is 68.3 cm³/mol. The van der Waals surface area contributed by atoms with E-state index in [9.17, 15) is 8.78 Å². The van der Waals surface area contributed by atoms with E-state index in [2.05, 4.69) is 10.4 Å². The number of halogens is 2. The van der Waals surface area contributed by atoms with Crippen LogP contribution >= 0.6 is 0 Å². The van der Waals surface area contributed by atoms with Gasteiger partial charge in [-0.05, 0) is 12.8 Å². The van der Waals surface area contributed by atoms with Crippen LogP contribution in [0.1, 0.15) is 31.0 Å². The first-order chi connectivity index (χ1) is 8.45. The van der Waals surface area contributed by atoms with Gasteiger partial charge in [0.05, 0.1) is 16.6 Å². The zero-order valence-corrected chi connectivity index (χ0v) is 10.5. The summed E-state index contributed by atoms with van der Waals surface area (Å²) in [7, 11) is 0. The van der Waals surface area contributed by atoms with Crippen molar-refractivity contribution in [3.63, 3.8) is 0 Å². The molecular weight excluding hydrogens is 236 g/mol. The van der Waals surface area contributed by atoms with Crippen molar-refractivity contribution in [2.45, 2.75) is 26.7 Å². The van der Waals surface area contributed by atoms with Gasteiger partial charge in [-0.25, -0.2) is 8.78 Å². The molecule has 0 saturated carbocycles. The molecule has 3 N–H and O–H groups in total. The number of hydrazine groups is 1. The Bertz CT molecular complexity index is 609. The van der Waals surface area contributed by atoms with Gasteiger partial charge in [0.15, 0.2) is 0 Å². The average molecular weight is 251 g/mol. The number of hydrogen-bond acceptors (Lipinski definition) is 3. The van der Waals surface area contributed by atoms with Crippen LogP contribution in [0.5, 0.6) is 0 Å². The van der Waals surface area contributed by atoms with Crippen molar-refractivity contribution in [2.24, 2.45) is 5.84 Å². The second-order valence-corrected chi connectivity index (χ2v) is 4.57. The highest BCUT2D eigenvalue weighted by Gasteiger charge is 2.18. The number of aryl methyl sites for hydroxylation is 1. The maximum absolute atomic E-state index is 13.9. The monoisotopic (exact) mass is 251 g/mol. The summed E-state index contributed by atoms with van der Waals surface area (Å²) in [5.41, 5.74) is 4.82. The maximum Gasteiger partial charge on any atom is 0.137 e. The fourth-order valence-corrected chi connectivity index (χ4v) is 2.31. The number of rotatable bonds is 2. The molecule has 2 rings (SSSR count). The molecule has 1 aromatic carbocycles. The van der Waals surface area contributed by atoms with E-state index in [1.165, 1.54) is 6.07 Å². The van der Waals surface area contributed by atoms with E-state index in [-0.39, 0.29) is 16.8 Å². The Labute approximate surface area is 104 Å². The minimum absolute atomic E-state index is 0.136. The first-order valence-corrected chi connectivity index (χ1v) is 5.71. The second-order valence-electron chi connectivity index (χ2n) is 4.57. The van der Waals surface area contributed by atoms with Gasteiger partial charge < -0.3 is 5.43 Å². The van der Waals surface area contributed by atoms with E-state index in [0.717, 1.165) is 17.3 Å². The van der Waals surface area contributed by atoms with Crippen molar-refractivity contribution in [1.29, 1.82) is 0 Å². The van der Waals surface area contributed by atoms with Crippen LogP contribution < -0.4 is 11.3 Å². The number of anilines is 1. The summed E-state index contributed by atoms with van der Waals surface area (Å²) in [6, 6.07) is 2.04. The van der Waals surface area contributed by atoms with Crippen LogP contribution in [0, 0.1) is 18.6 Å². The summed E-state index contributed by atoms with van der Waals surface area (Å²) in [4.78, 5) is 4.25. The SMILES string of the molecule is Cc1nc2cc(F)cc(F)c2c(NN)c1C(C)C. The van der Waals surface area contributed by atoms with Crippen molar-refractivity contribution < 1.29 is 8.78 Å². The third-order valence-electron chi connectivity index (χ3n) is 2.95. The molecule has 96 valence electrons. The van der Waals surface area contributed by atoms with Crippen LogP contribution in [-0.2, 0) is 0 Å². The number of nitrogen functional groups attached to an aromatic ring is 1. The number of hydrogen-bond donors (Lipinski definition) is 2. The first-order valence-electron chi connectivity index (χ1n) is 5.71. The molecule has 3 nitrogen and oxygen atoms in total. The molecular formula is C13H15F2N3. The standard InChI is InChI=1S/C13H15F2N3/c1-6(2)11-7(3)17-10-5-8(14)4-9(15)12(10)13(11)18-16/h4-6H,16H2,1-3H3,(H,17,18). The number of fused-ring (bicyclic) bond motifs is 1. The summed E-state index contributed by atoms with van der Waals surface area (Å²) in [6.45, 7) is 5.74. The van der Waals surface area contributed by atoms with Gasteiger partial charge in [0, 0.05) is 23.4 Å². The highest BCUT2D eigenvalue weighted by Crippen LogP contribution is 2.34. The number of nitrogens with one attached hydrogen (secondary N) is 1. The van der Waals surface area contributed by atoms with Crippen LogP contribution in [0.25, 0.3) is 10.9 Å². The molecule has 0 unspecified atom stereocenters. The molecule has 0 spiro atoms. The first kappa shape index (κ1) is 12.7. The lowest BCUT2D eigenvalue weighted by Gasteiger charge is -2.17. The van der Waals surface area contributed by atoms with Crippen LogP contribution in [0.3, 0.4) is 0 Å². The molecule has 0 saturated heterocycles. The van der Waals surface area contributed by atoms with Gasteiger partial charge >= 0.3 is 0 Å². The molecule has 0 fully saturated rings. The summed E-state index contributed by atoms with van der Waals surface area (Å²) in [5, 5.41) is 0.230. The lowest BCUT2D eigenvalue weighted by molar-refractivity contribution is 0.591. The Morgan fingerprint density at radius 3 is 2.50 bits per heavy atom. The van der Waals surface area contributed by atoms with Crippen molar-refractivity contribution >= 4 is 16.6 Å². The molecule has 1 heterocycles. The van der Waals surface area contributed by atoms with E-state index in [4.69, 9.17) is 5.84 Å². The Hall–Kier alpha value is -1.75. The van der Waals surface area contributed by atoms with Gasteiger partial charge in [-0.15, -0.1) is 0 Å². The minimum atomic E-state index is -0.660. The highest BCUT2D eigenvalue weighted by molar-refractivity contribution is 5.94. The fraction of sp³-hybridized carbons (Fsp3) is 0.308. The maximum atomic E-state index is 13.9. The lowest BCUT2D eigenvalue weighted by atomic mass is 9.96. The average Bonchev–Trinajstić information content (AvgIpc) is 2.25. The van der Waals surface area contributed by atoms with Gasteiger partial charge in [-0.1, -0.05) is 13.8 Å². The van der Waals surface area contributed by atoms with E-state index in [1.807, 2.05) is 13.8 Å². The normalized spacial score (nSPS) is 11.3. The van der Waals surface area contributed by atoms with Crippen molar-refractivity contribution in [2.75, 3.05) is 5.43 Å². The summed E-state index contributed by atoms with van der Waals surface area (Å²) >= 11 is 0. The fourth-order valence-electron chi connectivity index (χ4n) is 2.31. The van der Waals surface area contributed by atoms with Gasteiger partial charge in [0.25, 0.3) is 0 Å². The Morgan fingerprint density at radius 1 is 1.28 bits per heavy atom. The van der Waals surface area contributed by atoms with Crippen LogP contribution in [0.15, 0.2) is 12.1 Å². The summed E-state index contributed by atoms with van der Waals surface area (Å²) in [6.07, 6.45) is 0. The van der Waals surface area contributed by atoms with Gasteiger partial charge in [0.2, 0.25) is 0 Å². The largest absolute Gasteiger partial charge is 0.323 e. The highest BCUT2D eigenvalue weighted by atomic mass is 19.1. The molecule has 0 aliphatic carbocycles. The topological polar surface area (TPSA) is 50.9 Å². The molecule has 0 bridgehead atoms. The third-order valence-corrected chi connectivity index (χ3v) is 2.95. The summed E-state index contributed by atoms with van der Waals surface area (Å²) in [5.74, 6) is 4.32. The second kappa shape index (κ2) is 4.49. The number of nitrogens with zero attached hydrogens (tertiary/aromatic N) is 1. The van der Waals surface area contributed by atoms with E-state index in [0.29, 0.717) is 5.69 Å². The van der Waals surface area contributed by atoms with E-state index < -0.39 is 11.6 Å². The predicted octanol–water partition coefficient (Wildman–Crippen LogP) is 3.23. The smallest absolute Gasteiger partial charge is 0.137 e. The molecule has 18 heavy (non-hydrogen) atoms. The molecule has 2 aromatic rings. The summed E-state index contributed by atoms with van der Waals surface area (Å²) < 4.78 is 27.1. The van der Waals surface area contributed by atoms with Crippen molar-refractivity contribution in [3.05, 3.63) is 35.0 Å². The molecule has 0 aliphatic rings. The van der Waals surface area contributed by atoms with Gasteiger partial charge in [0.1, 0.15) is 11.6 Å². The molecule has 0 aliphatic heterocycles. The molecule has 0 radical (unpaired) electrons. The molecule has 0 amide bonds. The zero-order valence-electron chi connectivity index (χ0n) is 10.5. The van der Waals surface area contributed by atoms with E-state index >= 15 is 0 Å². The van der Waals surface area contributed by atoms with Gasteiger partial charge in [-0.2, -0.15) is 0 Å². The quantitative estimate of drug-likeness (QED) is 0.636. The number of benzene rings is 1. The van der Waals surface area contributed by atoms with Crippen LogP contribution in [0.4, 0.5) is 14.5 Å². The van der Waals surface area contributed by atoms with Crippen LogP contribution in [-0.4, -0.2) is 4.98 Å². The third kappa shape index (κ3) is 1.90. The van der Waals surface area contributed by atoms with Crippen LogP contribution in [0.2, 0.25) is 0 Å². The van der Waals surface area contributed by atoms with Gasteiger partial charge in [-0.3, -0.25) is 10.8 Å². The Balaban J connectivity index is 2.94. The molecule has 1 aromatic heterocycles. The van der Waals surface area contributed by atoms with Crippen molar-refractivity contribution in [1.82, 2.24) is 4.98 Å². The minimum Gasteiger partial charge on any atom is -0.323 e. The molecule has 5 heteroatoms. The molecule has 0 atom stereocenters. The number of aromatic nitrogens is 1. The van der Waals surface area contributed by atoms with Crippen molar-refractivity contribution in [3.8, 4) is 0 Å². The Kier molecular flexibility index (Phi) is 3.17. The Morgan fingerprint density at radius 2 is 1.94 bits per heavy atom. The lowest BCUT2D eigenvalue weighted by Crippen LogP contribution is -2.13. The number of pyridine rings is 1. The van der Waals surface area contributed by atoms with E-state index in [1.54, 1.807) is 6.92 Å². The zero-order chi connectivity index (χ0) is 13.4. The number of nitrogens with two attached hydrogens (primary N) is 1.